The van der Waals surface area contributed by atoms with Crippen LogP contribution in [-0.2, 0) is 0 Å². The van der Waals surface area contributed by atoms with Crippen LogP contribution in [0.15, 0.2) is 6.33 Å². The van der Waals surface area contributed by atoms with Gasteiger partial charge in [0.1, 0.15) is 12.0 Å². The van der Waals surface area contributed by atoms with Gasteiger partial charge in [0, 0.05) is 11.6 Å². The molecule has 4 N–H and O–H groups in total. The minimum atomic E-state index is -0.0733. The number of nitrogens with zero attached hydrogens (tertiary/aromatic N) is 2. The molecule has 96 valence electrons. The number of nitrogens with one attached hydrogen (secondary N) is 2. The highest BCUT2D eigenvalue weighted by Gasteiger charge is 2.15. The molecule has 1 unspecified atom stereocenters. The maximum absolute atomic E-state index is 6.04. The summed E-state index contributed by atoms with van der Waals surface area (Å²) in [7, 11) is 0. The lowest BCUT2D eigenvalue weighted by Gasteiger charge is -2.23. The van der Waals surface area contributed by atoms with Crippen LogP contribution in [0, 0.1) is 0 Å². The first-order valence-corrected chi connectivity index (χ1v) is 5.98. The fraction of sp³-hybridized carbons (Fsp3) is 0.667. The van der Waals surface area contributed by atoms with Crippen molar-refractivity contribution in [3.63, 3.8) is 0 Å². The lowest BCUT2D eigenvalue weighted by Crippen LogP contribution is -2.28. The quantitative estimate of drug-likeness (QED) is 0.750. The smallest absolute Gasteiger partial charge is 0.155 e. The maximum atomic E-state index is 6.04. The van der Waals surface area contributed by atoms with Crippen molar-refractivity contribution in [3.05, 3.63) is 6.33 Å². The van der Waals surface area contributed by atoms with Gasteiger partial charge in [0.05, 0.1) is 0 Å². The highest BCUT2D eigenvalue weighted by molar-refractivity contribution is 5.74. The van der Waals surface area contributed by atoms with Crippen molar-refractivity contribution < 1.29 is 0 Å². The lowest BCUT2D eigenvalue weighted by atomic mass is 10.1. The van der Waals surface area contributed by atoms with E-state index in [4.69, 9.17) is 5.73 Å². The Hall–Kier alpha value is -1.52. The van der Waals surface area contributed by atoms with E-state index in [0.29, 0.717) is 23.4 Å². The molecule has 0 amide bonds. The number of nitrogens with two attached hydrogens (primary N) is 1. The summed E-state index contributed by atoms with van der Waals surface area (Å²) in [6.07, 6.45) is 2.54. The second-order valence-corrected chi connectivity index (χ2v) is 5.31. The minimum Gasteiger partial charge on any atom is -0.393 e. The average Bonchev–Trinajstić information content (AvgIpc) is 2.22. The topological polar surface area (TPSA) is 75.9 Å². The molecule has 1 aromatic heterocycles. The Balaban J connectivity index is 2.91. The van der Waals surface area contributed by atoms with E-state index in [1.54, 1.807) is 0 Å². The number of rotatable bonds is 4. The summed E-state index contributed by atoms with van der Waals surface area (Å²) in [5.74, 6) is 1.37. The van der Waals surface area contributed by atoms with Gasteiger partial charge in [0.2, 0.25) is 0 Å². The molecule has 0 saturated carbocycles. The Bertz CT molecular complexity index is 370. The monoisotopic (exact) mass is 237 g/mol. The van der Waals surface area contributed by atoms with Crippen LogP contribution in [0.2, 0.25) is 0 Å². The summed E-state index contributed by atoms with van der Waals surface area (Å²) in [6, 6.07) is 0.342. The maximum Gasteiger partial charge on any atom is 0.155 e. The summed E-state index contributed by atoms with van der Waals surface area (Å²) < 4.78 is 0. The van der Waals surface area contributed by atoms with Crippen molar-refractivity contribution in [1.82, 2.24) is 9.97 Å². The van der Waals surface area contributed by atoms with Gasteiger partial charge in [-0.05, 0) is 34.1 Å². The van der Waals surface area contributed by atoms with E-state index in [-0.39, 0.29) is 5.54 Å². The molecule has 0 fully saturated rings. The zero-order valence-corrected chi connectivity index (χ0v) is 11.3. The third kappa shape index (κ3) is 4.09. The van der Waals surface area contributed by atoms with Crippen molar-refractivity contribution in [2.75, 3.05) is 16.4 Å². The molecule has 0 aliphatic carbocycles. The third-order valence-corrected chi connectivity index (χ3v) is 2.37. The molecule has 0 radical (unpaired) electrons. The number of anilines is 3. The van der Waals surface area contributed by atoms with Gasteiger partial charge < -0.3 is 16.4 Å². The molecule has 0 aliphatic rings. The van der Waals surface area contributed by atoms with Gasteiger partial charge in [0.25, 0.3) is 0 Å². The van der Waals surface area contributed by atoms with Crippen LogP contribution >= 0.6 is 0 Å². The summed E-state index contributed by atoms with van der Waals surface area (Å²) in [5.41, 5.74) is 6.54. The molecular formula is C12H23N5. The van der Waals surface area contributed by atoms with E-state index in [0.717, 1.165) is 6.42 Å². The molecule has 5 heteroatoms. The number of aromatic nitrogens is 2. The summed E-state index contributed by atoms with van der Waals surface area (Å²) >= 11 is 0. The van der Waals surface area contributed by atoms with E-state index >= 15 is 0 Å². The summed E-state index contributed by atoms with van der Waals surface area (Å²) in [6.45, 7) is 10.4. The second kappa shape index (κ2) is 5.21. The van der Waals surface area contributed by atoms with Gasteiger partial charge in [0.15, 0.2) is 11.6 Å². The molecule has 0 bridgehead atoms. The Labute approximate surface area is 103 Å². The molecular weight excluding hydrogens is 214 g/mol. The van der Waals surface area contributed by atoms with Crippen molar-refractivity contribution in [3.8, 4) is 0 Å². The van der Waals surface area contributed by atoms with Crippen molar-refractivity contribution >= 4 is 17.3 Å². The minimum absolute atomic E-state index is 0.0733. The first-order chi connectivity index (χ1) is 7.83. The fourth-order valence-electron chi connectivity index (χ4n) is 1.30. The highest BCUT2D eigenvalue weighted by Crippen LogP contribution is 2.25. The summed E-state index contributed by atoms with van der Waals surface area (Å²) in [4.78, 5) is 8.34. The van der Waals surface area contributed by atoms with Crippen LogP contribution in [0.4, 0.5) is 17.3 Å². The SMILES string of the molecule is CCC(C)Nc1ncnc(NC(C)(C)C)c1N. The number of nitrogen functional groups attached to an aromatic ring is 1. The van der Waals surface area contributed by atoms with Crippen LogP contribution < -0.4 is 16.4 Å². The Morgan fingerprint density at radius 2 is 1.88 bits per heavy atom. The van der Waals surface area contributed by atoms with Gasteiger partial charge in [-0.2, -0.15) is 0 Å². The van der Waals surface area contributed by atoms with Crippen LogP contribution in [0.3, 0.4) is 0 Å². The first-order valence-electron chi connectivity index (χ1n) is 5.98. The number of hydrogen-bond donors (Lipinski definition) is 3. The van der Waals surface area contributed by atoms with Crippen molar-refractivity contribution in [2.45, 2.75) is 52.6 Å². The molecule has 1 heterocycles. The average molecular weight is 237 g/mol. The van der Waals surface area contributed by atoms with Crippen molar-refractivity contribution in [2.24, 2.45) is 0 Å². The molecule has 1 aromatic rings. The molecule has 0 aliphatic heterocycles. The summed E-state index contributed by atoms with van der Waals surface area (Å²) in [5, 5.41) is 6.53. The fourth-order valence-corrected chi connectivity index (χ4v) is 1.30. The zero-order valence-electron chi connectivity index (χ0n) is 11.3. The molecule has 17 heavy (non-hydrogen) atoms. The van der Waals surface area contributed by atoms with Gasteiger partial charge in [-0.15, -0.1) is 0 Å². The van der Waals surface area contributed by atoms with E-state index in [2.05, 4.69) is 55.2 Å². The van der Waals surface area contributed by atoms with E-state index in [9.17, 15) is 0 Å². The molecule has 0 aromatic carbocycles. The molecule has 5 nitrogen and oxygen atoms in total. The largest absolute Gasteiger partial charge is 0.393 e. The lowest BCUT2D eigenvalue weighted by molar-refractivity contribution is 0.630. The van der Waals surface area contributed by atoms with Gasteiger partial charge in [-0.3, -0.25) is 0 Å². The van der Waals surface area contributed by atoms with Crippen LogP contribution in [0.5, 0.6) is 0 Å². The predicted molar refractivity (Wildman–Crippen MR) is 73.2 cm³/mol. The Morgan fingerprint density at radius 1 is 1.29 bits per heavy atom. The van der Waals surface area contributed by atoms with Crippen LogP contribution in [0.1, 0.15) is 41.0 Å². The van der Waals surface area contributed by atoms with E-state index < -0.39 is 0 Å². The van der Waals surface area contributed by atoms with Crippen LogP contribution in [-0.4, -0.2) is 21.5 Å². The molecule has 1 rings (SSSR count). The van der Waals surface area contributed by atoms with Crippen molar-refractivity contribution in [1.29, 1.82) is 0 Å². The standard InChI is InChI=1S/C12H23N5/c1-6-8(2)16-10-9(13)11(15-7-14-10)17-12(3,4)5/h7-8H,6,13H2,1-5H3,(H2,14,15,16,17). The first kappa shape index (κ1) is 13.5. The van der Waals surface area contributed by atoms with E-state index in [1.807, 2.05) is 0 Å². The highest BCUT2D eigenvalue weighted by atomic mass is 15.1. The Morgan fingerprint density at radius 3 is 2.41 bits per heavy atom. The van der Waals surface area contributed by atoms with Gasteiger partial charge >= 0.3 is 0 Å². The van der Waals surface area contributed by atoms with Gasteiger partial charge in [-0.25, -0.2) is 9.97 Å². The third-order valence-electron chi connectivity index (χ3n) is 2.37. The van der Waals surface area contributed by atoms with E-state index in [1.165, 1.54) is 6.33 Å². The van der Waals surface area contributed by atoms with Crippen LogP contribution in [0.25, 0.3) is 0 Å². The zero-order chi connectivity index (χ0) is 13.1. The molecule has 1 atom stereocenters. The normalized spacial score (nSPS) is 13.2. The van der Waals surface area contributed by atoms with Gasteiger partial charge in [-0.1, -0.05) is 6.92 Å². The second-order valence-electron chi connectivity index (χ2n) is 5.31. The number of hydrogen-bond acceptors (Lipinski definition) is 5. The molecule has 0 spiro atoms. The Kier molecular flexibility index (Phi) is 4.15. The predicted octanol–water partition coefficient (Wildman–Crippen LogP) is 2.48. The molecule has 0 saturated heterocycles.